The Balaban J connectivity index is 3.04. The Morgan fingerprint density at radius 3 is 2.50 bits per heavy atom. The molecule has 0 radical (unpaired) electrons. The summed E-state index contributed by atoms with van der Waals surface area (Å²) in [4.78, 5) is 24.1. The Hall–Kier alpha value is -1.56. The number of amides is 1. The molecule has 0 fully saturated rings. The smallest absolute Gasteiger partial charge is 0.339 e. The molecule has 1 N–H and O–H groups in total. The van der Waals surface area contributed by atoms with Gasteiger partial charge < -0.3 is 14.7 Å². The molecule has 5 nitrogen and oxygen atoms in total. The van der Waals surface area contributed by atoms with Gasteiger partial charge in [0.05, 0.1) is 4.47 Å². The van der Waals surface area contributed by atoms with Crippen LogP contribution >= 0.6 is 15.9 Å². The number of aromatic carboxylic acids is 1. The first-order valence-electron chi connectivity index (χ1n) is 5.24. The highest BCUT2D eigenvalue weighted by atomic mass is 79.9. The largest absolute Gasteiger partial charge is 0.479 e. The van der Waals surface area contributed by atoms with E-state index in [-0.39, 0.29) is 17.2 Å². The molecule has 0 aliphatic carbocycles. The minimum absolute atomic E-state index is 0.0165. The second-order valence-electron chi connectivity index (χ2n) is 3.91. The fourth-order valence-corrected chi connectivity index (χ4v) is 1.85. The van der Waals surface area contributed by atoms with Crippen molar-refractivity contribution in [3.8, 4) is 5.75 Å². The van der Waals surface area contributed by atoms with E-state index in [4.69, 9.17) is 9.84 Å². The number of hydrogen-bond donors (Lipinski definition) is 1. The highest BCUT2D eigenvalue weighted by Crippen LogP contribution is 2.30. The van der Waals surface area contributed by atoms with Crippen LogP contribution in [0, 0.1) is 0 Å². The van der Waals surface area contributed by atoms with Gasteiger partial charge in [-0.15, -0.1) is 0 Å². The van der Waals surface area contributed by atoms with Gasteiger partial charge in [-0.1, -0.05) is 6.07 Å². The number of para-hydroxylation sites is 1. The number of benzene rings is 1. The maximum absolute atomic E-state index is 11.7. The van der Waals surface area contributed by atoms with Gasteiger partial charge in [0.1, 0.15) is 11.3 Å². The van der Waals surface area contributed by atoms with Gasteiger partial charge in [0.15, 0.2) is 6.10 Å². The molecule has 1 aromatic rings. The van der Waals surface area contributed by atoms with Gasteiger partial charge in [-0.3, -0.25) is 4.79 Å². The Morgan fingerprint density at radius 1 is 1.39 bits per heavy atom. The first-order chi connectivity index (χ1) is 8.34. The second kappa shape index (κ2) is 5.86. The molecule has 0 aliphatic heterocycles. The normalized spacial score (nSPS) is 11.8. The minimum atomic E-state index is -1.10. The zero-order valence-corrected chi connectivity index (χ0v) is 11.9. The van der Waals surface area contributed by atoms with Crippen molar-refractivity contribution in [2.45, 2.75) is 13.0 Å². The van der Waals surface area contributed by atoms with Crippen LogP contribution in [0.2, 0.25) is 0 Å². The number of carbonyl (C=O) groups excluding carboxylic acids is 1. The third kappa shape index (κ3) is 3.22. The molecule has 0 heterocycles. The minimum Gasteiger partial charge on any atom is -0.479 e. The molecule has 0 bridgehead atoms. The Labute approximate surface area is 113 Å². The molecular weight excluding hydrogens is 302 g/mol. The number of carbonyl (C=O) groups is 2. The lowest BCUT2D eigenvalue weighted by Crippen LogP contribution is -2.35. The number of ether oxygens (including phenoxy) is 1. The summed E-state index contributed by atoms with van der Waals surface area (Å²) in [6.07, 6.45) is -0.753. The molecule has 0 aliphatic rings. The van der Waals surface area contributed by atoms with Gasteiger partial charge >= 0.3 is 5.97 Å². The predicted octanol–water partition coefficient (Wildman–Crippen LogP) is 2.00. The lowest BCUT2D eigenvalue weighted by atomic mass is 10.2. The number of hydrogen-bond acceptors (Lipinski definition) is 3. The first-order valence-corrected chi connectivity index (χ1v) is 6.03. The van der Waals surface area contributed by atoms with Gasteiger partial charge in [-0.05, 0) is 35.0 Å². The zero-order valence-electron chi connectivity index (χ0n) is 10.3. The van der Waals surface area contributed by atoms with Crippen molar-refractivity contribution in [3.05, 3.63) is 28.2 Å². The van der Waals surface area contributed by atoms with Crippen LogP contribution in [0.5, 0.6) is 5.75 Å². The van der Waals surface area contributed by atoms with E-state index >= 15 is 0 Å². The van der Waals surface area contributed by atoms with Crippen LogP contribution < -0.4 is 4.74 Å². The van der Waals surface area contributed by atoms with E-state index < -0.39 is 12.1 Å². The van der Waals surface area contributed by atoms with E-state index in [0.717, 1.165) is 0 Å². The number of halogens is 1. The lowest BCUT2D eigenvalue weighted by Gasteiger charge is -2.20. The second-order valence-corrected chi connectivity index (χ2v) is 4.77. The summed E-state index contributed by atoms with van der Waals surface area (Å²) < 4.78 is 5.94. The van der Waals surface area contributed by atoms with Gasteiger partial charge in [0.2, 0.25) is 0 Å². The van der Waals surface area contributed by atoms with Crippen LogP contribution in [0.1, 0.15) is 17.3 Å². The van der Waals surface area contributed by atoms with Crippen molar-refractivity contribution in [3.63, 3.8) is 0 Å². The van der Waals surface area contributed by atoms with Crippen LogP contribution in [-0.2, 0) is 4.79 Å². The molecule has 98 valence electrons. The molecule has 1 atom stereocenters. The molecular formula is C12H14BrNO4. The number of rotatable bonds is 4. The van der Waals surface area contributed by atoms with Crippen LogP contribution in [-0.4, -0.2) is 42.1 Å². The molecule has 0 saturated heterocycles. The molecule has 0 spiro atoms. The molecule has 18 heavy (non-hydrogen) atoms. The molecule has 1 rings (SSSR count). The third-order valence-corrected chi connectivity index (χ3v) is 2.91. The zero-order chi connectivity index (χ0) is 13.9. The monoisotopic (exact) mass is 315 g/mol. The predicted molar refractivity (Wildman–Crippen MR) is 69.9 cm³/mol. The summed E-state index contributed by atoms with van der Waals surface area (Å²) >= 11 is 3.22. The maximum Gasteiger partial charge on any atom is 0.339 e. The third-order valence-electron chi connectivity index (χ3n) is 2.28. The average molecular weight is 316 g/mol. The van der Waals surface area contributed by atoms with E-state index in [1.54, 1.807) is 33.2 Å². The van der Waals surface area contributed by atoms with Crippen LogP contribution in [0.15, 0.2) is 22.7 Å². The fourth-order valence-electron chi connectivity index (χ4n) is 1.39. The quantitative estimate of drug-likeness (QED) is 0.923. The molecule has 1 amide bonds. The molecule has 1 unspecified atom stereocenters. The SMILES string of the molecule is CC(Oc1c(Br)cccc1C(=O)O)C(=O)N(C)C. The molecule has 6 heteroatoms. The van der Waals surface area contributed by atoms with Crippen LogP contribution in [0.4, 0.5) is 0 Å². The summed E-state index contributed by atoms with van der Waals surface area (Å²) in [5.41, 5.74) is 0.0165. The van der Waals surface area contributed by atoms with Crippen LogP contribution in [0.25, 0.3) is 0 Å². The number of carboxylic acid groups (broad SMARTS) is 1. The Bertz CT molecular complexity index is 473. The van der Waals surface area contributed by atoms with Gasteiger partial charge in [-0.25, -0.2) is 4.79 Å². The highest BCUT2D eigenvalue weighted by molar-refractivity contribution is 9.10. The van der Waals surface area contributed by atoms with E-state index in [9.17, 15) is 9.59 Å². The van der Waals surface area contributed by atoms with Gasteiger partial charge in [0.25, 0.3) is 5.91 Å². The van der Waals surface area contributed by atoms with Crippen molar-refractivity contribution in [1.82, 2.24) is 4.90 Å². The number of nitrogens with zero attached hydrogens (tertiary/aromatic N) is 1. The summed E-state index contributed by atoms with van der Waals surface area (Å²) in [5.74, 6) is -1.18. The van der Waals surface area contributed by atoms with Gasteiger partial charge in [0, 0.05) is 14.1 Å². The summed E-state index contributed by atoms with van der Waals surface area (Å²) in [6.45, 7) is 1.58. The van der Waals surface area contributed by atoms with Crippen molar-refractivity contribution >= 4 is 27.8 Å². The Kier molecular flexibility index (Phi) is 4.72. The van der Waals surface area contributed by atoms with Crippen molar-refractivity contribution in [2.24, 2.45) is 0 Å². The molecule has 1 aromatic carbocycles. The van der Waals surface area contributed by atoms with E-state index in [0.29, 0.717) is 4.47 Å². The van der Waals surface area contributed by atoms with E-state index in [1.807, 2.05) is 0 Å². The summed E-state index contributed by atoms with van der Waals surface area (Å²) in [7, 11) is 3.22. The molecule has 0 aromatic heterocycles. The summed E-state index contributed by atoms with van der Waals surface area (Å²) in [6, 6.07) is 4.68. The first kappa shape index (κ1) is 14.5. The van der Waals surface area contributed by atoms with Crippen molar-refractivity contribution in [1.29, 1.82) is 0 Å². The standard InChI is InChI=1S/C12H14BrNO4/c1-7(11(15)14(2)3)18-10-8(12(16)17)5-4-6-9(10)13/h4-7H,1-3H3,(H,16,17). The lowest BCUT2D eigenvalue weighted by molar-refractivity contribution is -0.135. The molecule has 0 saturated carbocycles. The number of carboxylic acids is 1. The van der Waals surface area contributed by atoms with Crippen molar-refractivity contribution < 1.29 is 19.4 Å². The van der Waals surface area contributed by atoms with E-state index in [1.165, 1.54) is 11.0 Å². The topological polar surface area (TPSA) is 66.8 Å². The van der Waals surface area contributed by atoms with E-state index in [2.05, 4.69) is 15.9 Å². The fraction of sp³-hybridized carbons (Fsp3) is 0.333. The maximum atomic E-state index is 11.7. The highest BCUT2D eigenvalue weighted by Gasteiger charge is 2.21. The Morgan fingerprint density at radius 2 is 2.00 bits per heavy atom. The number of likely N-dealkylation sites (N-methyl/N-ethyl adjacent to an activating group) is 1. The van der Waals surface area contributed by atoms with Crippen molar-refractivity contribution in [2.75, 3.05) is 14.1 Å². The van der Waals surface area contributed by atoms with Gasteiger partial charge in [-0.2, -0.15) is 0 Å². The summed E-state index contributed by atoms with van der Waals surface area (Å²) in [5, 5.41) is 9.05. The average Bonchev–Trinajstić information content (AvgIpc) is 2.30. The van der Waals surface area contributed by atoms with Crippen LogP contribution in [0.3, 0.4) is 0 Å².